The summed E-state index contributed by atoms with van der Waals surface area (Å²) in [5.74, 6) is -1.49. The van der Waals surface area contributed by atoms with Gasteiger partial charge in [-0.3, -0.25) is 4.18 Å². The molecule has 3 fully saturated rings. The molecule has 27 heavy (non-hydrogen) atoms. The molecule has 4 unspecified atom stereocenters. The van der Waals surface area contributed by atoms with Gasteiger partial charge in [0.2, 0.25) is 0 Å². The Hall–Kier alpha value is -0.870. The second kappa shape index (κ2) is 6.88. The molecule has 1 aromatic carbocycles. The Morgan fingerprint density at radius 1 is 1.00 bits per heavy atom. The molecule has 3 saturated heterocycles. The molecule has 150 valence electrons. The lowest BCUT2D eigenvalue weighted by atomic mass is 10.1. The van der Waals surface area contributed by atoms with E-state index in [1.807, 2.05) is 46.8 Å². The van der Waals surface area contributed by atoms with E-state index in [1.165, 1.54) is 0 Å². The van der Waals surface area contributed by atoms with Crippen molar-refractivity contribution >= 4 is 11.1 Å². The Labute approximate surface area is 161 Å². The Morgan fingerprint density at radius 2 is 1.70 bits per heavy atom. The van der Waals surface area contributed by atoms with Gasteiger partial charge in [-0.2, -0.15) is 0 Å². The van der Waals surface area contributed by atoms with Crippen LogP contribution in [0.3, 0.4) is 0 Å². The molecule has 0 N–H and O–H groups in total. The number of hydrogen-bond donors (Lipinski definition) is 0. The van der Waals surface area contributed by atoms with Crippen molar-refractivity contribution in [3.8, 4) is 0 Å². The van der Waals surface area contributed by atoms with E-state index in [2.05, 4.69) is 0 Å². The van der Waals surface area contributed by atoms with E-state index in [-0.39, 0.29) is 6.10 Å². The number of hydrogen-bond acceptors (Lipinski definition) is 7. The number of aryl methyl sites for hydroxylation is 1. The minimum atomic E-state index is -1.67. The highest BCUT2D eigenvalue weighted by Crippen LogP contribution is 2.42. The van der Waals surface area contributed by atoms with E-state index >= 15 is 0 Å². The number of ether oxygens (including phenoxy) is 5. The summed E-state index contributed by atoms with van der Waals surface area (Å²) < 4.78 is 48.2. The molecule has 0 bridgehead atoms. The van der Waals surface area contributed by atoms with Gasteiger partial charge in [-0.25, -0.2) is 4.21 Å². The normalized spacial score (nSPS) is 38.0. The fourth-order valence-corrected chi connectivity index (χ4v) is 4.49. The third-order valence-corrected chi connectivity index (χ3v) is 5.89. The third kappa shape index (κ3) is 3.98. The van der Waals surface area contributed by atoms with Crippen molar-refractivity contribution in [2.45, 2.75) is 81.8 Å². The predicted molar refractivity (Wildman–Crippen MR) is 96.1 cm³/mol. The highest BCUT2D eigenvalue weighted by atomic mass is 32.2. The molecule has 6 atom stereocenters. The predicted octanol–water partition coefficient (Wildman–Crippen LogP) is 2.43. The first-order chi connectivity index (χ1) is 12.6. The molecule has 0 spiro atoms. The molecule has 4 rings (SSSR count). The summed E-state index contributed by atoms with van der Waals surface area (Å²) in [5, 5.41) is 0. The average Bonchev–Trinajstić information content (AvgIpc) is 3.18. The molecule has 0 amide bonds. The largest absolute Gasteiger partial charge is 0.348 e. The summed E-state index contributed by atoms with van der Waals surface area (Å²) in [6.07, 6.45) is -2.57. The van der Waals surface area contributed by atoms with Gasteiger partial charge in [-0.05, 0) is 46.8 Å². The topological polar surface area (TPSA) is 72.5 Å². The molecule has 0 aliphatic carbocycles. The summed E-state index contributed by atoms with van der Waals surface area (Å²) >= 11 is -1.67. The SMILES string of the molecule is Cc1ccc([S@](=O)OC2C3OC(C)(C)OC3OC2[C@H]2COC(C)(C)O2)cc1. The zero-order valence-electron chi connectivity index (χ0n) is 16.2. The molecular weight excluding hydrogens is 372 g/mol. The minimum absolute atomic E-state index is 0.359. The van der Waals surface area contributed by atoms with Gasteiger partial charge in [0.25, 0.3) is 0 Å². The number of rotatable bonds is 4. The van der Waals surface area contributed by atoms with Crippen molar-refractivity contribution < 1.29 is 32.1 Å². The Bertz CT molecular complexity index is 717. The summed E-state index contributed by atoms with van der Waals surface area (Å²) in [5.41, 5.74) is 1.09. The maximum Gasteiger partial charge on any atom is 0.190 e. The van der Waals surface area contributed by atoms with Gasteiger partial charge in [0, 0.05) is 0 Å². The van der Waals surface area contributed by atoms with Crippen LogP contribution < -0.4 is 0 Å². The standard InChI is InChI=1S/C19H26O7S/c1-11-6-8-12(9-7-11)27(20)26-15-14(13-10-21-18(2,3)23-13)22-17-16(15)24-19(4,5)25-17/h6-9,13-17H,10H2,1-5H3/t13-,14?,15?,16?,17?,27-/m1/s1. The van der Waals surface area contributed by atoms with Gasteiger partial charge in [-0.1, -0.05) is 17.7 Å². The maximum absolute atomic E-state index is 12.8. The molecule has 0 saturated carbocycles. The van der Waals surface area contributed by atoms with Crippen molar-refractivity contribution in [1.29, 1.82) is 0 Å². The third-order valence-electron chi connectivity index (χ3n) is 4.84. The van der Waals surface area contributed by atoms with Crippen LogP contribution >= 0.6 is 0 Å². The monoisotopic (exact) mass is 398 g/mol. The number of benzene rings is 1. The molecular formula is C19H26O7S. The van der Waals surface area contributed by atoms with Crippen LogP contribution in [0.4, 0.5) is 0 Å². The first-order valence-electron chi connectivity index (χ1n) is 9.12. The van der Waals surface area contributed by atoms with E-state index in [1.54, 1.807) is 12.1 Å². The molecule has 8 heteroatoms. The molecule has 1 aromatic rings. The van der Waals surface area contributed by atoms with E-state index in [4.69, 9.17) is 27.9 Å². The lowest BCUT2D eigenvalue weighted by Gasteiger charge is -2.28. The minimum Gasteiger partial charge on any atom is -0.348 e. The first kappa shape index (κ1) is 19.4. The zero-order valence-corrected chi connectivity index (χ0v) is 17.0. The van der Waals surface area contributed by atoms with Crippen LogP contribution in [-0.4, -0.2) is 53.1 Å². The van der Waals surface area contributed by atoms with Gasteiger partial charge in [0.05, 0.1) is 11.5 Å². The fraction of sp³-hybridized carbons (Fsp3) is 0.684. The lowest BCUT2D eigenvalue weighted by Crippen LogP contribution is -2.44. The van der Waals surface area contributed by atoms with Crippen LogP contribution in [0, 0.1) is 6.92 Å². The zero-order chi connectivity index (χ0) is 19.4. The van der Waals surface area contributed by atoms with Crippen LogP contribution in [0.2, 0.25) is 0 Å². The van der Waals surface area contributed by atoms with Crippen molar-refractivity contribution in [2.24, 2.45) is 0 Å². The van der Waals surface area contributed by atoms with Crippen LogP contribution in [0.25, 0.3) is 0 Å². The van der Waals surface area contributed by atoms with Crippen molar-refractivity contribution in [2.75, 3.05) is 6.61 Å². The summed E-state index contributed by atoms with van der Waals surface area (Å²) in [4.78, 5) is 0.588. The summed E-state index contributed by atoms with van der Waals surface area (Å²) in [7, 11) is 0. The van der Waals surface area contributed by atoms with Crippen LogP contribution in [0.1, 0.15) is 33.3 Å². The highest BCUT2D eigenvalue weighted by Gasteiger charge is 2.59. The van der Waals surface area contributed by atoms with Crippen molar-refractivity contribution in [1.82, 2.24) is 0 Å². The molecule has 3 aliphatic rings. The lowest BCUT2D eigenvalue weighted by molar-refractivity contribution is -0.230. The second-order valence-electron chi connectivity index (χ2n) is 8.04. The fourth-order valence-electron chi connectivity index (χ4n) is 3.60. The molecule has 3 heterocycles. The van der Waals surface area contributed by atoms with E-state index in [0.717, 1.165) is 5.56 Å². The van der Waals surface area contributed by atoms with Crippen LogP contribution in [0.5, 0.6) is 0 Å². The van der Waals surface area contributed by atoms with E-state index in [0.29, 0.717) is 11.5 Å². The highest BCUT2D eigenvalue weighted by molar-refractivity contribution is 7.80. The van der Waals surface area contributed by atoms with E-state index in [9.17, 15) is 4.21 Å². The molecule has 7 nitrogen and oxygen atoms in total. The second-order valence-corrected chi connectivity index (χ2v) is 9.18. The average molecular weight is 398 g/mol. The van der Waals surface area contributed by atoms with Crippen molar-refractivity contribution in [3.63, 3.8) is 0 Å². The number of fused-ring (bicyclic) bond motifs is 1. The maximum atomic E-state index is 12.8. The van der Waals surface area contributed by atoms with Gasteiger partial charge in [0.15, 0.2) is 28.9 Å². The smallest absolute Gasteiger partial charge is 0.190 e. The Balaban J connectivity index is 1.55. The van der Waals surface area contributed by atoms with E-state index < -0.39 is 47.3 Å². The van der Waals surface area contributed by atoms with Gasteiger partial charge < -0.3 is 23.7 Å². The molecule has 0 radical (unpaired) electrons. The molecule has 0 aromatic heterocycles. The van der Waals surface area contributed by atoms with Crippen LogP contribution in [-0.2, 0) is 38.9 Å². The summed E-state index contributed by atoms with van der Waals surface area (Å²) in [6.45, 7) is 9.66. The van der Waals surface area contributed by atoms with Gasteiger partial charge in [-0.15, -0.1) is 0 Å². The van der Waals surface area contributed by atoms with Crippen LogP contribution in [0.15, 0.2) is 29.2 Å². The summed E-state index contributed by atoms with van der Waals surface area (Å²) in [6, 6.07) is 7.39. The quantitative estimate of drug-likeness (QED) is 0.771. The first-order valence-corrected chi connectivity index (χ1v) is 10.2. The van der Waals surface area contributed by atoms with Gasteiger partial charge >= 0.3 is 0 Å². The van der Waals surface area contributed by atoms with Crippen molar-refractivity contribution in [3.05, 3.63) is 29.8 Å². The Morgan fingerprint density at radius 3 is 2.33 bits per heavy atom. The Kier molecular flexibility index (Phi) is 4.95. The molecule has 3 aliphatic heterocycles. The van der Waals surface area contributed by atoms with Gasteiger partial charge in [0.1, 0.15) is 24.4 Å².